The largest absolute Gasteiger partial charge is 0.325 e. The summed E-state index contributed by atoms with van der Waals surface area (Å²) in [5.41, 5.74) is 3.34. The van der Waals surface area contributed by atoms with Crippen LogP contribution < -0.4 is 5.32 Å². The van der Waals surface area contributed by atoms with Crippen LogP contribution in [0.4, 0.5) is 5.13 Å². The van der Waals surface area contributed by atoms with Crippen molar-refractivity contribution in [1.29, 1.82) is 0 Å². The highest BCUT2D eigenvalue weighted by molar-refractivity contribution is 7.16. The molecule has 0 bridgehead atoms. The van der Waals surface area contributed by atoms with Gasteiger partial charge in [0.2, 0.25) is 5.91 Å². The first-order valence-electron chi connectivity index (χ1n) is 8.43. The zero-order valence-corrected chi connectivity index (χ0v) is 15.5. The highest BCUT2D eigenvalue weighted by Crippen LogP contribution is 2.31. The molecule has 25 heavy (non-hydrogen) atoms. The van der Waals surface area contributed by atoms with Gasteiger partial charge in [-0.25, -0.2) is 9.97 Å². The number of hydrogen-bond acceptors (Lipinski definition) is 4. The Morgan fingerprint density at radius 1 is 1.32 bits per heavy atom. The monoisotopic (exact) mass is 354 g/mol. The predicted octanol–water partition coefficient (Wildman–Crippen LogP) is 4.47. The number of carbonyl (C=O) groups is 1. The maximum atomic E-state index is 12.4. The van der Waals surface area contributed by atoms with Crippen LogP contribution in [-0.2, 0) is 11.2 Å². The Bertz CT molecular complexity index is 837. The Morgan fingerprint density at radius 3 is 2.72 bits per heavy atom. The summed E-state index contributed by atoms with van der Waals surface area (Å²) in [6.45, 7) is 6.05. The van der Waals surface area contributed by atoms with Crippen molar-refractivity contribution < 1.29 is 4.79 Å². The minimum absolute atomic E-state index is 0.100. The Morgan fingerprint density at radius 2 is 2.08 bits per heavy atom. The lowest BCUT2D eigenvalue weighted by molar-refractivity contribution is -0.118. The molecule has 0 radical (unpaired) electrons. The van der Waals surface area contributed by atoms with E-state index in [1.165, 1.54) is 16.9 Å². The molecule has 3 rings (SSSR count). The van der Waals surface area contributed by atoms with Gasteiger partial charge >= 0.3 is 0 Å². The molecule has 1 unspecified atom stereocenters. The highest BCUT2D eigenvalue weighted by atomic mass is 32.1. The topological polar surface area (TPSA) is 59.8 Å². The Hall–Kier alpha value is -2.47. The van der Waals surface area contributed by atoms with Crippen molar-refractivity contribution in [2.45, 2.75) is 39.7 Å². The van der Waals surface area contributed by atoms with Crippen molar-refractivity contribution in [3.8, 4) is 11.3 Å². The van der Waals surface area contributed by atoms with Gasteiger partial charge in [-0.2, -0.15) is 0 Å². The van der Waals surface area contributed by atoms with Crippen LogP contribution in [0.3, 0.4) is 0 Å². The summed E-state index contributed by atoms with van der Waals surface area (Å²) < 4.78 is 1.77. The van der Waals surface area contributed by atoms with Crippen molar-refractivity contribution in [3.63, 3.8) is 0 Å². The Labute approximate surface area is 151 Å². The number of nitrogens with one attached hydrogen (secondary N) is 1. The van der Waals surface area contributed by atoms with E-state index in [1.54, 1.807) is 23.3 Å². The quantitative estimate of drug-likeness (QED) is 0.710. The number of imidazole rings is 1. The maximum Gasteiger partial charge on any atom is 0.248 e. The van der Waals surface area contributed by atoms with Crippen LogP contribution in [0, 0.1) is 6.92 Å². The summed E-state index contributed by atoms with van der Waals surface area (Å²) in [4.78, 5) is 22.1. The summed E-state index contributed by atoms with van der Waals surface area (Å²) in [6.07, 6.45) is 7.31. The van der Waals surface area contributed by atoms with Gasteiger partial charge in [-0.05, 0) is 25.8 Å². The van der Waals surface area contributed by atoms with Crippen LogP contribution in [0.1, 0.15) is 36.8 Å². The fraction of sp³-hybridized carbons (Fsp3) is 0.316. The third-order valence-corrected chi connectivity index (χ3v) is 5.03. The smallest absolute Gasteiger partial charge is 0.248 e. The molecule has 2 aromatic heterocycles. The molecule has 1 N–H and O–H groups in total. The second kappa shape index (κ2) is 7.61. The Kier molecular flexibility index (Phi) is 5.28. The molecule has 0 fully saturated rings. The zero-order valence-electron chi connectivity index (χ0n) is 14.7. The SMILES string of the molecule is CCCc1ccc(-c2nc(NC(=O)C(C)n3ccnc3)sc2C)cc1. The fourth-order valence-electron chi connectivity index (χ4n) is 2.68. The second-order valence-electron chi connectivity index (χ2n) is 6.05. The van der Waals surface area contributed by atoms with Crippen LogP contribution in [0.2, 0.25) is 0 Å². The number of amides is 1. The van der Waals surface area contributed by atoms with Gasteiger partial charge in [0.1, 0.15) is 6.04 Å². The average Bonchev–Trinajstić information content (AvgIpc) is 3.25. The molecule has 5 nitrogen and oxygen atoms in total. The van der Waals surface area contributed by atoms with E-state index < -0.39 is 0 Å². The third kappa shape index (κ3) is 3.96. The number of hydrogen-bond donors (Lipinski definition) is 1. The third-order valence-electron chi connectivity index (χ3n) is 4.14. The number of thiazole rings is 1. The van der Waals surface area contributed by atoms with Crippen LogP contribution in [0.15, 0.2) is 43.0 Å². The zero-order chi connectivity index (χ0) is 17.8. The first kappa shape index (κ1) is 17.4. The first-order chi connectivity index (χ1) is 12.1. The average molecular weight is 354 g/mol. The van der Waals surface area contributed by atoms with E-state index in [0.29, 0.717) is 5.13 Å². The maximum absolute atomic E-state index is 12.4. The summed E-state index contributed by atoms with van der Waals surface area (Å²) in [5, 5.41) is 3.54. The number of aromatic nitrogens is 3. The molecular weight excluding hydrogens is 332 g/mol. The van der Waals surface area contributed by atoms with Crippen molar-refractivity contribution in [1.82, 2.24) is 14.5 Å². The molecular formula is C19H22N4OS. The first-order valence-corrected chi connectivity index (χ1v) is 9.25. The van der Waals surface area contributed by atoms with Crippen molar-refractivity contribution in [3.05, 3.63) is 53.4 Å². The number of benzene rings is 1. The minimum atomic E-state index is -0.330. The molecule has 130 valence electrons. The lowest BCUT2D eigenvalue weighted by Gasteiger charge is -2.11. The summed E-state index contributed by atoms with van der Waals surface area (Å²) in [5.74, 6) is -0.100. The molecule has 0 saturated carbocycles. The fourth-order valence-corrected chi connectivity index (χ4v) is 3.52. The standard InChI is InChI=1S/C19H22N4OS/c1-4-5-15-6-8-16(9-7-15)17-14(3)25-19(21-17)22-18(24)13(2)23-11-10-20-12-23/h6-13H,4-5H2,1-3H3,(H,21,22,24). The molecule has 1 amide bonds. The van der Waals surface area contributed by atoms with Gasteiger partial charge < -0.3 is 9.88 Å². The van der Waals surface area contributed by atoms with Gasteiger partial charge in [0, 0.05) is 22.8 Å². The number of anilines is 1. The van der Waals surface area contributed by atoms with Crippen LogP contribution in [0.25, 0.3) is 11.3 Å². The number of nitrogens with zero attached hydrogens (tertiary/aromatic N) is 3. The number of aryl methyl sites for hydroxylation is 2. The van der Waals surface area contributed by atoms with Gasteiger partial charge in [-0.1, -0.05) is 37.6 Å². The summed E-state index contributed by atoms with van der Waals surface area (Å²) in [7, 11) is 0. The molecule has 1 aromatic carbocycles. The van der Waals surface area contributed by atoms with Crippen molar-refractivity contribution in [2.24, 2.45) is 0 Å². The van der Waals surface area contributed by atoms with Crippen LogP contribution in [0.5, 0.6) is 0 Å². The van der Waals surface area contributed by atoms with E-state index in [-0.39, 0.29) is 11.9 Å². The molecule has 0 aliphatic rings. The van der Waals surface area contributed by atoms with Gasteiger partial charge in [0.05, 0.1) is 12.0 Å². The molecule has 2 heterocycles. The normalized spacial score (nSPS) is 12.1. The molecule has 1 atom stereocenters. The predicted molar refractivity (Wildman–Crippen MR) is 102 cm³/mol. The van der Waals surface area contributed by atoms with Gasteiger partial charge in [0.25, 0.3) is 0 Å². The minimum Gasteiger partial charge on any atom is -0.325 e. The second-order valence-corrected chi connectivity index (χ2v) is 7.25. The highest BCUT2D eigenvalue weighted by Gasteiger charge is 2.17. The van der Waals surface area contributed by atoms with E-state index in [4.69, 9.17) is 0 Å². The van der Waals surface area contributed by atoms with Crippen LogP contribution >= 0.6 is 11.3 Å². The van der Waals surface area contributed by atoms with E-state index in [9.17, 15) is 4.79 Å². The molecule has 0 spiro atoms. The molecule has 6 heteroatoms. The van der Waals surface area contributed by atoms with Crippen molar-refractivity contribution in [2.75, 3.05) is 5.32 Å². The van der Waals surface area contributed by atoms with Gasteiger partial charge in [0.15, 0.2) is 5.13 Å². The lowest BCUT2D eigenvalue weighted by Crippen LogP contribution is -2.22. The number of rotatable bonds is 6. The van der Waals surface area contributed by atoms with E-state index in [0.717, 1.165) is 29.0 Å². The van der Waals surface area contributed by atoms with Crippen molar-refractivity contribution >= 4 is 22.4 Å². The Balaban J connectivity index is 1.74. The molecule has 0 aliphatic carbocycles. The summed E-state index contributed by atoms with van der Waals surface area (Å²) in [6, 6.07) is 8.18. The van der Waals surface area contributed by atoms with E-state index >= 15 is 0 Å². The number of carbonyl (C=O) groups excluding carboxylic acids is 1. The van der Waals surface area contributed by atoms with E-state index in [2.05, 4.69) is 46.5 Å². The molecule has 3 aromatic rings. The van der Waals surface area contributed by atoms with Gasteiger partial charge in [-0.15, -0.1) is 11.3 Å². The van der Waals surface area contributed by atoms with Crippen LogP contribution in [-0.4, -0.2) is 20.4 Å². The van der Waals surface area contributed by atoms with Gasteiger partial charge in [-0.3, -0.25) is 4.79 Å². The van der Waals surface area contributed by atoms with E-state index in [1.807, 2.05) is 13.8 Å². The molecule has 0 saturated heterocycles. The summed E-state index contributed by atoms with van der Waals surface area (Å²) >= 11 is 1.50. The lowest BCUT2D eigenvalue weighted by atomic mass is 10.1. The molecule has 0 aliphatic heterocycles.